The van der Waals surface area contributed by atoms with Crippen LogP contribution in [0.5, 0.6) is 23.0 Å². The summed E-state index contributed by atoms with van der Waals surface area (Å²) in [6.45, 7) is 3.84. The van der Waals surface area contributed by atoms with E-state index in [9.17, 15) is 24.0 Å². The minimum absolute atomic E-state index is 0.111. The smallest absolute Gasteiger partial charge is 0.326 e. The summed E-state index contributed by atoms with van der Waals surface area (Å²) in [5.41, 5.74) is 6.56. The highest BCUT2D eigenvalue weighted by atomic mass is 35.5. The summed E-state index contributed by atoms with van der Waals surface area (Å²) in [4.78, 5) is 66.5. The predicted molar refractivity (Wildman–Crippen MR) is 241 cm³/mol. The fraction of sp³-hybridized carbons (Fsp3) is 0.213. The zero-order valence-corrected chi connectivity index (χ0v) is 36.0. The second-order valence-electron chi connectivity index (χ2n) is 13.8. The number of aromatic nitrogens is 4. The van der Waals surface area contributed by atoms with Gasteiger partial charge in [-0.2, -0.15) is 0 Å². The molecule has 2 heterocycles. The molecule has 6 aromatic rings. The molecule has 16 nitrogen and oxygen atoms in total. The minimum Gasteiger partial charge on any atom is -0.480 e. The molecule has 0 aliphatic heterocycles. The average molecular weight is 889 g/mol. The standard InChI is InChI=1S/C23H24N4O3.C19H21NO4.C5H4ClN3O/c1-2-7-20(23(29)27-21-12-13-24-16-25-21)26-22(28)15-17-8-6-11-19(14-17)30-18-9-4-3-5-10-18;1-2-7-17(19(22)23)20-18(21)13-14-8-6-11-16(12-14)24-15-9-4-3-5-10-15;6-4-2-1-3(5(7)10)8-9-4/h3-6,8-14,16,20H,2,7,15H2,1H3,(H,26,28)(H,24,25,27,29);3-6,8-12,17H,2,7,13H2,1H3,(H,20,21)(H,22,23);1-2H,(H2,7,10). The monoisotopic (exact) mass is 888 g/mol. The van der Waals surface area contributed by atoms with E-state index in [-0.39, 0.29) is 41.4 Å². The average Bonchev–Trinajstić information content (AvgIpc) is 3.28. The van der Waals surface area contributed by atoms with Gasteiger partial charge in [0.1, 0.15) is 47.2 Å². The Bertz CT molecular complexity index is 2400. The predicted octanol–water partition coefficient (Wildman–Crippen LogP) is 7.35. The molecule has 0 radical (unpaired) electrons. The first kappa shape index (κ1) is 48.9. The van der Waals surface area contributed by atoms with Crippen molar-refractivity contribution in [2.24, 2.45) is 5.73 Å². The van der Waals surface area contributed by atoms with Crippen LogP contribution in [0, 0.1) is 0 Å². The molecule has 0 fully saturated rings. The number of aliphatic carboxylic acids is 1. The summed E-state index contributed by atoms with van der Waals surface area (Å²) in [6.07, 6.45) is 5.54. The number of carboxylic acids is 1. The largest absolute Gasteiger partial charge is 0.480 e. The Labute approximate surface area is 375 Å². The molecule has 332 valence electrons. The van der Waals surface area contributed by atoms with Gasteiger partial charge in [-0.1, -0.05) is 99.0 Å². The molecule has 64 heavy (non-hydrogen) atoms. The van der Waals surface area contributed by atoms with Gasteiger partial charge in [-0.25, -0.2) is 14.8 Å². The fourth-order valence-corrected chi connectivity index (χ4v) is 5.78. The van der Waals surface area contributed by atoms with Crippen LogP contribution in [0.1, 0.15) is 61.1 Å². The molecular weight excluding hydrogens is 840 g/mol. The molecule has 0 aliphatic rings. The highest BCUT2D eigenvalue weighted by Crippen LogP contribution is 2.23. The van der Waals surface area contributed by atoms with Gasteiger partial charge < -0.3 is 36.3 Å². The first-order valence-corrected chi connectivity index (χ1v) is 20.6. The lowest BCUT2D eigenvalue weighted by Crippen LogP contribution is -2.44. The number of carbonyl (C=O) groups excluding carboxylic acids is 4. The van der Waals surface area contributed by atoms with Crippen LogP contribution in [0.3, 0.4) is 0 Å². The van der Waals surface area contributed by atoms with E-state index in [2.05, 4.69) is 36.1 Å². The van der Waals surface area contributed by atoms with Crippen molar-refractivity contribution in [3.05, 3.63) is 162 Å². The summed E-state index contributed by atoms with van der Waals surface area (Å²) in [7, 11) is 0. The number of nitrogens with two attached hydrogens (primary N) is 1. The summed E-state index contributed by atoms with van der Waals surface area (Å²) in [6, 6.07) is 36.4. The van der Waals surface area contributed by atoms with Crippen LogP contribution in [0.25, 0.3) is 0 Å². The molecule has 0 saturated heterocycles. The number of hydrogen-bond acceptors (Lipinski definition) is 11. The van der Waals surface area contributed by atoms with Crippen molar-refractivity contribution >= 4 is 47.0 Å². The number of halogens is 1. The lowest BCUT2D eigenvalue weighted by Gasteiger charge is -2.17. The van der Waals surface area contributed by atoms with E-state index >= 15 is 0 Å². The number of primary amides is 1. The van der Waals surface area contributed by atoms with Gasteiger partial charge >= 0.3 is 5.97 Å². The molecule has 0 aliphatic carbocycles. The van der Waals surface area contributed by atoms with E-state index in [4.69, 9.17) is 31.9 Å². The van der Waals surface area contributed by atoms with Crippen LogP contribution in [0.15, 0.2) is 140 Å². The Morgan fingerprint density at radius 1 is 0.656 bits per heavy atom. The van der Waals surface area contributed by atoms with E-state index < -0.39 is 24.0 Å². The van der Waals surface area contributed by atoms with E-state index in [0.717, 1.165) is 23.3 Å². The Morgan fingerprint density at radius 2 is 1.17 bits per heavy atom. The number of nitrogens with one attached hydrogen (secondary N) is 3. The van der Waals surface area contributed by atoms with Gasteiger partial charge in [-0.05, 0) is 90.7 Å². The summed E-state index contributed by atoms with van der Waals surface area (Å²) in [5.74, 6) is 0.664. The number of amides is 4. The Kier molecular flexibility index (Phi) is 20.3. The first-order valence-electron chi connectivity index (χ1n) is 20.2. The van der Waals surface area contributed by atoms with E-state index in [1.54, 1.807) is 18.3 Å². The third-order valence-electron chi connectivity index (χ3n) is 8.64. The Balaban J connectivity index is 0.000000235. The topological polar surface area (TPSA) is 238 Å². The quantitative estimate of drug-likeness (QED) is 0.0569. The highest BCUT2D eigenvalue weighted by Gasteiger charge is 2.21. The van der Waals surface area contributed by atoms with Crippen molar-refractivity contribution in [1.29, 1.82) is 0 Å². The number of carbonyl (C=O) groups is 5. The number of carboxylic acid groups (broad SMARTS) is 1. The number of nitrogens with zero attached hydrogens (tertiary/aromatic N) is 4. The molecule has 4 aromatic carbocycles. The Hall–Kier alpha value is -7.72. The molecule has 2 unspecified atom stereocenters. The number of ether oxygens (including phenoxy) is 2. The summed E-state index contributed by atoms with van der Waals surface area (Å²) < 4.78 is 11.5. The van der Waals surface area contributed by atoms with Crippen LogP contribution in [-0.2, 0) is 32.0 Å². The molecule has 6 N–H and O–H groups in total. The maximum absolute atomic E-state index is 12.6. The maximum atomic E-state index is 12.6. The van der Waals surface area contributed by atoms with Crippen molar-refractivity contribution < 1.29 is 38.6 Å². The fourth-order valence-electron chi connectivity index (χ4n) is 5.68. The summed E-state index contributed by atoms with van der Waals surface area (Å²) in [5, 5.41) is 24.3. The van der Waals surface area contributed by atoms with Crippen molar-refractivity contribution in [3.63, 3.8) is 0 Å². The molecule has 4 amide bonds. The lowest BCUT2D eigenvalue weighted by atomic mass is 10.1. The molecular formula is C47H49ClN8O8. The van der Waals surface area contributed by atoms with Crippen LogP contribution in [-0.4, -0.2) is 67.0 Å². The van der Waals surface area contributed by atoms with Gasteiger partial charge in [-0.15, -0.1) is 10.2 Å². The highest BCUT2D eigenvalue weighted by molar-refractivity contribution is 6.29. The van der Waals surface area contributed by atoms with Gasteiger partial charge in [0.05, 0.1) is 12.8 Å². The zero-order chi connectivity index (χ0) is 46.1. The maximum Gasteiger partial charge on any atom is 0.326 e. The molecule has 2 aromatic heterocycles. The number of benzene rings is 4. The lowest BCUT2D eigenvalue weighted by molar-refractivity contribution is -0.142. The van der Waals surface area contributed by atoms with E-state index in [1.165, 1.54) is 18.5 Å². The molecule has 0 bridgehead atoms. The van der Waals surface area contributed by atoms with Crippen molar-refractivity contribution in [2.75, 3.05) is 5.32 Å². The third kappa shape index (κ3) is 18.1. The third-order valence-corrected chi connectivity index (χ3v) is 8.84. The first-order chi connectivity index (χ1) is 30.9. The van der Waals surface area contributed by atoms with Crippen molar-refractivity contribution in [1.82, 2.24) is 30.8 Å². The van der Waals surface area contributed by atoms with Gasteiger partial charge in [0.15, 0.2) is 10.8 Å². The number of rotatable bonds is 18. The molecule has 6 rings (SSSR count). The number of anilines is 1. The molecule has 0 spiro atoms. The van der Waals surface area contributed by atoms with E-state index in [1.807, 2.05) is 117 Å². The Morgan fingerprint density at radius 3 is 1.62 bits per heavy atom. The SMILES string of the molecule is CCCC(NC(=O)Cc1cccc(Oc2ccccc2)c1)C(=O)Nc1ccncn1.CCCC(NC(=O)Cc1cccc(Oc2ccccc2)c1)C(=O)O.NC(=O)c1ccc(Cl)nn1. The van der Waals surface area contributed by atoms with Crippen LogP contribution < -0.4 is 31.2 Å². The second kappa shape index (κ2) is 26.6. The molecule has 0 saturated carbocycles. The van der Waals surface area contributed by atoms with Gasteiger partial charge in [0.2, 0.25) is 17.7 Å². The van der Waals surface area contributed by atoms with Crippen LogP contribution >= 0.6 is 11.6 Å². The number of para-hydroxylation sites is 2. The molecule has 17 heteroatoms. The van der Waals surface area contributed by atoms with Crippen molar-refractivity contribution in [2.45, 2.75) is 64.5 Å². The van der Waals surface area contributed by atoms with Gasteiger partial charge in [0, 0.05) is 6.20 Å². The van der Waals surface area contributed by atoms with Gasteiger partial charge in [-0.3, -0.25) is 19.2 Å². The zero-order valence-electron chi connectivity index (χ0n) is 35.2. The number of hydrogen-bond donors (Lipinski definition) is 5. The normalized spacial score (nSPS) is 11.1. The summed E-state index contributed by atoms with van der Waals surface area (Å²) >= 11 is 5.39. The van der Waals surface area contributed by atoms with Crippen molar-refractivity contribution in [3.8, 4) is 23.0 Å². The minimum atomic E-state index is -1.01. The van der Waals surface area contributed by atoms with E-state index in [0.29, 0.717) is 42.3 Å². The van der Waals surface area contributed by atoms with Crippen LogP contribution in [0.2, 0.25) is 5.15 Å². The second-order valence-corrected chi connectivity index (χ2v) is 14.2. The van der Waals surface area contributed by atoms with Crippen LogP contribution in [0.4, 0.5) is 5.82 Å². The van der Waals surface area contributed by atoms with Gasteiger partial charge in [0.25, 0.3) is 5.91 Å². The molecule has 2 atom stereocenters.